The molecule has 0 aliphatic rings. The lowest BCUT2D eigenvalue weighted by molar-refractivity contribution is 0.598. The average Bonchev–Trinajstić information content (AvgIpc) is 2.15. The molecule has 1 heterocycles. The molecule has 0 amide bonds. The van der Waals surface area contributed by atoms with E-state index >= 15 is 0 Å². The zero-order valence-electron chi connectivity index (χ0n) is 7.62. The molecule has 15 heavy (non-hydrogen) atoms. The fourth-order valence-electron chi connectivity index (χ4n) is 1.34. The minimum absolute atomic E-state index is 0. The zero-order chi connectivity index (χ0) is 10.2. The van der Waals surface area contributed by atoms with Crippen LogP contribution in [-0.2, 0) is 10.0 Å². The van der Waals surface area contributed by atoms with Crippen molar-refractivity contribution < 1.29 is 8.42 Å². The van der Waals surface area contributed by atoms with Crippen molar-refractivity contribution in [1.29, 1.82) is 0 Å². The second-order valence-corrected chi connectivity index (χ2v) is 4.43. The molecule has 0 atom stereocenters. The fraction of sp³-hybridized carbons (Fsp3) is 0. The van der Waals surface area contributed by atoms with Crippen LogP contribution in [0.15, 0.2) is 41.6 Å². The number of primary sulfonamides is 1. The van der Waals surface area contributed by atoms with E-state index in [4.69, 9.17) is 5.14 Å². The highest BCUT2D eigenvalue weighted by Gasteiger charge is 2.10. The average molecular weight is 245 g/mol. The van der Waals surface area contributed by atoms with Crippen LogP contribution in [0.25, 0.3) is 10.8 Å². The van der Waals surface area contributed by atoms with E-state index in [0.29, 0.717) is 5.39 Å². The standard InChI is InChI=1S/C9H8N2O2S.ClH/c10-14(12,13)9-3-1-2-7-6-11-5-4-8(7)9;/h1-6H,(H2,10,12,13);1H. The van der Waals surface area contributed by atoms with Gasteiger partial charge in [-0.05, 0) is 12.1 Å². The molecule has 2 aromatic rings. The number of hydrogen-bond donors (Lipinski definition) is 1. The summed E-state index contributed by atoms with van der Waals surface area (Å²) in [6.07, 6.45) is 3.14. The minimum Gasteiger partial charge on any atom is -0.264 e. The van der Waals surface area contributed by atoms with Crippen molar-refractivity contribution in [2.24, 2.45) is 5.14 Å². The molecule has 6 heteroatoms. The van der Waals surface area contributed by atoms with Gasteiger partial charge in [-0.1, -0.05) is 12.1 Å². The molecular formula is C9H9ClN2O2S. The van der Waals surface area contributed by atoms with E-state index in [1.807, 2.05) is 0 Å². The van der Waals surface area contributed by atoms with Crippen LogP contribution in [0.1, 0.15) is 0 Å². The summed E-state index contributed by atoms with van der Waals surface area (Å²) in [6.45, 7) is 0. The maximum atomic E-state index is 11.2. The predicted octanol–water partition coefficient (Wildman–Crippen LogP) is 1.30. The Morgan fingerprint density at radius 2 is 1.93 bits per heavy atom. The van der Waals surface area contributed by atoms with Crippen molar-refractivity contribution in [3.8, 4) is 0 Å². The molecule has 0 fully saturated rings. The summed E-state index contributed by atoms with van der Waals surface area (Å²) in [5, 5.41) is 6.44. The lowest BCUT2D eigenvalue weighted by atomic mass is 10.2. The summed E-state index contributed by atoms with van der Waals surface area (Å²) in [7, 11) is -3.66. The number of pyridine rings is 1. The van der Waals surface area contributed by atoms with Crippen molar-refractivity contribution in [2.45, 2.75) is 4.90 Å². The summed E-state index contributed by atoms with van der Waals surface area (Å²) in [5.74, 6) is 0. The van der Waals surface area contributed by atoms with Gasteiger partial charge in [-0.15, -0.1) is 12.4 Å². The highest BCUT2D eigenvalue weighted by molar-refractivity contribution is 7.89. The van der Waals surface area contributed by atoms with Crippen LogP contribution in [0.2, 0.25) is 0 Å². The molecule has 0 aliphatic heterocycles. The number of sulfonamides is 1. The molecule has 80 valence electrons. The molecule has 0 bridgehead atoms. The second-order valence-electron chi connectivity index (χ2n) is 2.90. The van der Waals surface area contributed by atoms with E-state index in [1.165, 1.54) is 12.3 Å². The van der Waals surface area contributed by atoms with Crippen LogP contribution >= 0.6 is 12.4 Å². The van der Waals surface area contributed by atoms with Gasteiger partial charge in [0.05, 0.1) is 4.90 Å². The van der Waals surface area contributed by atoms with Gasteiger partial charge in [0.1, 0.15) is 0 Å². The van der Waals surface area contributed by atoms with Crippen LogP contribution in [0.4, 0.5) is 0 Å². The van der Waals surface area contributed by atoms with E-state index in [0.717, 1.165) is 5.39 Å². The van der Waals surface area contributed by atoms with Gasteiger partial charge in [0.25, 0.3) is 0 Å². The number of aromatic nitrogens is 1. The number of nitrogens with zero attached hydrogens (tertiary/aromatic N) is 1. The minimum atomic E-state index is -3.66. The smallest absolute Gasteiger partial charge is 0.238 e. The van der Waals surface area contributed by atoms with Crippen LogP contribution < -0.4 is 5.14 Å². The molecular weight excluding hydrogens is 236 g/mol. The molecule has 0 unspecified atom stereocenters. The highest BCUT2D eigenvalue weighted by atomic mass is 35.5. The van der Waals surface area contributed by atoms with Crippen LogP contribution in [0.5, 0.6) is 0 Å². The summed E-state index contributed by atoms with van der Waals surface area (Å²) in [5.41, 5.74) is 0. The Balaban J connectivity index is 0.00000112. The predicted molar refractivity (Wildman–Crippen MR) is 60.4 cm³/mol. The number of hydrogen-bond acceptors (Lipinski definition) is 3. The maximum Gasteiger partial charge on any atom is 0.238 e. The Kier molecular flexibility index (Phi) is 3.28. The number of halogens is 1. The van der Waals surface area contributed by atoms with Crippen molar-refractivity contribution in [2.75, 3.05) is 0 Å². The van der Waals surface area contributed by atoms with Gasteiger partial charge in [-0.3, -0.25) is 4.98 Å². The number of nitrogens with two attached hydrogens (primary N) is 1. The molecule has 4 nitrogen and oxygen atoms in total. The summed E-state index contributed by atoms with van der Waals surface area (Å²) in [4.78, 5) is 4.04. The summed E-state index contributed by atoms with van der Waals surface area (Å²) >= 11 is 0. The van der Waals surface area contributed by atoms with Gasteiger partial charge < -0.3 is 0 Å². The fourth-order valence-corrected chi connectivity index (χ4v) is 2.10. The molecule has 0 saturated heterocycles. The molecule has 0 saturated carbocycles. The van der Waals surface area contributed by atoms with Crippen LogP contribution in [-0.4, -0.2) is 13.4 Å². The molecule has 2 N–H and O–H groups in total. The van der Waals surface area contributed by atoms with Crippen LogP contribution in [0, 0.1) is 0 Å². The van der Waals surface area contributed by atoms with Gasteiger partial charge in [-0.25, -0.2) is 13.6 Å². The van der Waals surface area contributed by atoms with Crippen LogP contribution in [0.3, 0.4) is 0 Å². The highest BCUT2D eigenvalue weighted by Crippen LogP contribution is 2.20. The van der Waals surface area contributed by atoms with Crippen molar-refractivity contribution in [3.05, 3.63) is 36.7 Å². The van der Waals surface area contributed by atoms with Crippen molar-refractivity contribution in [1.82, 2.24) is 4.98 Å². The third kappa shape index (κ3) is 2.26. The molecule has 1 aromatic carbocycles. The normalized spacial score (nSPS) is 11.0. The van der Waals surface area contributed by atoms with Gasteiger partial charge in [0, 0.05) is 23.2 Å². The maximum absolute atomic E-state index is 11.2. The van der Waals surface area contributed by atoms with E-state index in [1.54, 1.807) is 24.4 Å². The summed E-state index contributed by atoms with van der Waals surface area (Å²) < 4.78 is 22.4. The number of benzene rings is 1. The SMILES string of the molecule is Cl.NS(=O)(=O)c1cccc2cnccc12. The van der Waals surface area contributed by atoms with E-state index in [2.05, 4.69) is 4.98 Å². The first-order valence-corrected chi connectivity index (χ1v) is 5.49. The Morgan fingerprint density at radius 3 is 2.60 bits per heavy atom. The molecule has 0 radical (unpaired) electrons. The Morgan fingerprint density at radius 1 is 1.20 bits per heavy atom. The van der Waals surface area contributed by atoms with Gasteiger partial charge >= 0.3 is 0 Å². The van der Waals surface area contributed by atoms with Gasteiger partial charge in [-0.2, -0.15) is 0 Å². The summed E-state index contributed by atoms with van der Waals surface area (Å²) in [6, 6.07) is 6.55. The quantitative estimate of drug-likeness (QED) is 0.822. The molecule has 0 aliphatic carbocycles. The first kappa shape index (κ1) is 11.9. The third-order valence-electron chi connectivity index (χ3n) is 1.95. The molecule has 0 spiro atoms. The number of rotatable bonds is 1. The Labute approximate surface area is 93.6 Å². The second kappa shape index (κ2) is 4.14. The molecule has 1 aromatic heterocycles. The van der Waals surface area contributed by atoms with Gasteiger partial charge in [0.2, 0.25) is 10.0 Å². The monoisotopic (exact) mass is 244 g/mol. The van der Waals surface area contributed by atoms with E-state index < -0.39 is 10.0 Å². The third-order valence-corrected chi connectivity index (χ3v) is 2.92. The number of fused-ring (bicyclic) bond motifs is 1. The van der Waals surface area contributed by atoms with Crippen molar-refractivity contribution >= 4 is 33.2 Å². The van der Waals surface area contributed by atoms with Gasteiger partial charge in [0.15, 0.2) is 0 Å². The Hall–Kier alpha value is -1.17. The first-order chi connectivity index (χ1) is 6.59. The lowest BCUT2D eigenvalue weighted by Crippen LogP contribution is -2.12. The van der Waals surface area contributed by atoms with E-state index in [9.17, 15) is 8.42 Å². The lowest BCUT2D eigenvalue weighted by Gasteiger charge is -2.02. The topological polar surface area (TPSA) is 73.1 Å². The zero-order valence-corrected chi connectivity index (χ0v) is 9.25. The molecule has 2 rings (SSSR count). The van der Waals surface area contributed by atoms with Crippen molar-refractivity contribution in [3.63, 3.8) is 0 Å². The Bertz CT molecular complexity index is 578. The van der Waals surface area contributed by atoms with E-state index in [-0.39, 0.29) is 17.3 Å². The first-order valence-electron chi connectivity index (χ1n) is 3.94. The largest absolute Gasteiger partial charge is 0.264 e.